The molecule has 4 aliphatic heterocycles. The Morgan fingerprint density at radius 1 is 0.957 bits per heavy atom. The van der Waals surface area contributed by atoms with Crippen molar-refractivity contribution in [3.05, 3.63) is 23.7 Å². The van der Waals surface area contributed by atoms with Gasteiger partial charge >= 0.3 is 11.9 Å². The lowest BCUT2D eigenvalue weighted by molar-refractivity contribution is -0.266. The third kappa shape index (κ3) is 3.10. The number of Topliss-reactive ketones (excluding diaryl/α,β-unsaturated/α-hetero) is 1. The first-order valence-electron chi connectivity index (χ1n) is 17.8. The number of esters is 2. The fourth-order valence-corrected chi connectivity index (χ4v) is 13.9. The number of rotatable bonds is 5. The fraction of sp³-hybridized carbons (Fsp3) is 0.811. The van der Waals surface area contributed by atoms with E-state index in [2.05, 4.69) is 13.8 Å². The van der Waals surface area contributed by atoms with Gasteiger partial charge in [-0.3, -0.25) is 9.59 Å². The molecule has 0 radical (unpaired) electrons. The molecule has 0 aromatic carbocycles. The van der Waals surface area contributed by atoms with Crippen LogP contribution in [0.25, 0.3) is 0 Å². The largest absolute Gasteiger partial charge is 0.469 e. The molecule has 9 rings (SSSR count). The summed E-state index contributed by atoms with van der Waals surface area (Å²) in [5.74, 6) is -1.48. The normalized spacial score (nSPS) is 50.3. The van der Waals surface area contributed by atoms with Crippen molar-refractivity contribution in [2.24, 2.45) is 45.3 Å². The Morgan fingerprint density at radius 2 is 1.72 bits per heavy atom. The SMILES string of the molecule is CCCCCc1occc1[C@@H]1OC(=O)[C@H]2O[C@]23[C@]2(C)[C@H](O)C(=O)[C@@H]4C(C)(C)O[C@H]5[C@H]6C(=O)OC[C@@]45[C@H]2[C@H](CC62CCCC2)C[C@@]13C. The monoisotopic (exact) mass is 636 g/mol. The smallest absolute Gasteiger partial charge is 0.339 e. The molecule has 8 fully saturated rings. The highest BCUT2D eigenvalue weighted by Crippen LogP contribution is 2.83. The molecule has 250 valence electrons. The minimum Gasteiger partial charge on any atom is -0.469 e. The maximum Gasteiger partial charge on any atom is 0.339 e. The quantitative estimate of drug-likeness (QED) is 0.262. The Hall–Kier alpha value is -2.23. The first-order chi connectivity index (χ1) is 21.8. The molecule has 4 saturated carbocycles. The van der Waals surface area contributed by atoms with E-state index in [1.165, 1.54) is 0 Å². The van der Waals surface area contributed by atoms with Gasteiger partial charge in [-0.05, 0) is 69.3 Å². The van der Waals surface area contributed by atoms with Crippen molar-refractivity contribution in [1.29, 1.82) is 0 Å². The second-order valence-electron chi connectivity index (χ2n) is 17.3. The summed E-state index contributed by atoms with van der Waals surface area (Å²) >= 11 is 0. The topological polar surface area (TPSA) is 125 Å². The standard InChI is InChI=1S/C37H48O9/c1-6-7-8-11-21-20(12-15-42-21)27-33(4)16-19-17-35(13-9-10-14-35)22-28-36(18-43-30(22)40)24(19)34(5,37(33)29(46-37)31(41)44-27)26(39)23(38)25(36)32(2,3)45-28/h12,15,19,22,24-29,39H,6-11,13-14,16-18H2,1-5H3/t19-,22-,24-,25+,26+,27-,28-,29+,33-,34-,36+,37+/m0/s1. The van der Waals surface area contributed by atoms with Gasteiger partial charge in [0.15, 0.2) is 11.9 Å². The maximum absolute atomic E-state index is 14.8. The van der Waals surface area contributed by atoms with Crippen molar-refractivity contribution < 1.29 is 42.9 Å². The van der Waals surface area contributed by atoms with Crippen molar-refractivity contribution in [3.8, 4) is 0 Å². The van der Waals surface area contributed by atoms with Gasteiger partial charge in [0.1, 0.15) is 30.2 Å². The van der Waals surface area contributed by atoms with Crippen molar-refractivity contribution >= 4 is 17.7 Å². The lowest BCUT2D eigenvalue weighted by Gasteiger charge is -2.68. The van der Waals surface area contributed by atoms with Crippen LogP contribution in [-0.4, -0.2) is 58.9 Å². The average molecular weight is 637 g/mol. The molecule has 1 N–H and O–H groups in total. The third-order valence-electron chi connectivity index (χ3n) is 15.0. The van der Waals surface area contributed by atoms with Crippen LogP contribution < -0.4 is 0 Å². The summed E-state index contributed by atoms with van der Waals surface area (Å²) in [6.45, 7) is 10.3. The first kappa shape index (κ1) is 29.9. The summed E-state index contributed by atoms with van der Waals surface area (Å²) in [6.07, 6.45) is 7.48. The minimum atomic E-state index is -1.38. The maximum atomic E-state index is 14.8. The summed E-state index contributed by atoms with van der Waals surface area (Å²) in [5, 5.41) is 12.5. The molecular formula is C37H48O9. The van der Waals surface area contributed by atoms with Crippen molar-refractivity contribution in [3.63, 3.8) is 0 Å². The lowest BCUT2D eigenvalue weighted by atomic mass is 9.34. The van der Waals surface area contributed by atoms with Crippen LogP contribution in [0.15, 0.2) is 16.7 Å². The number of carbonyl (C=O) groups is 3. The molecule has 0 unspecified atom stereocenters. The molecule has 4 aliphatic carbocycles. The first-order valence-corrected chi connectivity index (χ1v) is 17.8. The molecule has 2 bridgehead atoms. The molecule has 1 aromatic heterocycles. The van der Waals surface area contributed by atoms with Crippen molar-refractivity contribution in [1.82, 2.24) is 0 Å². The van der Waals surface area contributed by atoms with E-state index in [0.29, 0.717) is 6.42 Å². The van der Waals surface area contributed by atoms with E-state index in [1.807, 2.05) is 26.8 Å². The summed E-state index contributed by atoms with van der Waals surface area (Å²) in [4.78, 5) is 42.7. The van der Waals surface area contributed by atoms with Gasteiger partial charge in [0.05, 0.1) is 29.8 Å². The van der Waals surface area contributed by atoms with Crippen LogP contribution in [0.5, 0.6) is 0 Å². The van der Waals surface area contributed by atoms with Crippen molar-refractivity contribution in [2.75, 3.05) is 6.61 Å². The third-order valence-corrected chi connectivity index (χ3v) is 15.0. The van der Waals surface area contributed by atoms with Gasteiger partial charge in [0.25, 0.3) is 0 Å². The second-order valence-corrected chi connectivity index (χ2v) is 17.3. The summed E-state index contributed by atoms with van der Waals surface area (Å²) in [6, 6.07) is 1.93. The highest BCUT2D eigenvalue weighted by molar-refractivity contribution is 5.92. The molecule has 0 amide bonds. The number of ether oxygens (including phenoxy) is 4. The van der Waals surface area contributed by atoms with Crippen LogP contribution in [0.1, 0.15) is 110 Å². The summed E-state index contributed by atoms with van der Waals surface area (Å²) in [5.41, 5.74) is -4.22. The molecule has 5 heterocycles. The number of ketones is 1. The van der Waals surface area contributed by atoms with Gasteiger partial charge in [-0.15, -0.1) is 0 Å². The molecule has 8 aliphatic rings. The molecule has 3 spiro atoms. The van der Waals surface area contributed by atoms with E-state index in [1.54, 1.807) is 6.26 Å². The number of aliphatic hydroxyl groups is 1. The number of hydrogen-bond donors (Lipinski definition) is 1. The highest BCUT2D eigenvalue weighted by Gasteiger charge is 2.93. The number of unbranched alkanes of at least 4 members (excludes halogenated alkanes) is 2. The summed E-state index contributed by atoms with van der Waals surface area (Å²) < 4.78 is 32.3. The van der Waals surface area contributed by atoms with Crippen LogP contribution in [0.2, 0.25) is 0 Å². The van der Waals surface area contributed by atoms with Crippen LogP contribution in [0.4, 0.5) is 0 Å². The van der Waals surface area contributed by atoms with Crippen LogP contribution in [-0.2, 0) is 39.8 Å². The highest BCUT2D eigenvalue weighted by atomic mass is 16.7. The van der Waals surface area contributed by atoms with Crippen LogP contribution in [0.3, 0.4) is 0 Å². The van der Waals surface area contributed by atoms with E-state index in [4.69, 9.17) is 23.4 Å². The number of aryl methyl sites for hydroxylation is 1. The van der Waals surface area contributed by atoms with Gasteiger partial charge in [0, 0.05) is 28.2 Å². The van der Waals surface area contributed by atoms with Crippen LogP contribution >= 0.6 is 0 Å². The van der Waals surface area contributed by atoms with Gasteiger partial charge in [-0.25, -0.2) is 4.79 Å². The van der Waals surface area contributed by atoms with E-state index in [9.17, 15) is 19.5 Å². The zero-order valence-corrected chi connectivity index (χ0v) is 27.8. The fourth-order valence-electron chi connectivity index (χ4n) is 13.9. The Bertz CT molecular complexity index is 1520. The molecule has 46 heavy (non-hydrogen) atoms. The Balaban J connectivity index is 1.27. The zero-order chi connectivity index (χ0) is 32.2. The molecule has 9 nitrogen and oxygen atoms in total. The minimum absolute atomic E-state index is 0.0167. The van der Waals surface area contributed by atoms with Gasteiger partial charge < -0.3 is 28.5 Å². The number of furan rings is 1. The lowest BCUT2D eigenvalue weighted by Crippen LogP contribution is -2.77. The van der Waals surface area contributed by atoms with E-state index in [0.717, 1.165) is 69.1 Å². The Morgan fingerprint density at radius 3 is 2.46 bits per heavy atom. The Kier molecular flexibility index (Phi) is 5.88. The Labute approximate surface area is 270 Å². The number of fused-ring (bicyclic) bond motifs is 1. The number of cyclic esters (lactones) is 2. The number of hydrogen-bond acceptors (Lipinski definition) is 9. The zero-order valence-electron chi connectivity index (χ0n) is 27.8. The average Bonchev–Trinajstić information content (AvgIpc) is 3.26. The summed E-state index contributed by atoms with van der Waals surface area (Å²) in [7, 11) is 0. The molecule has 9 heteroatoms. The van der Waals surface area contributed by atoms with Gasteiger partial charge in [-0.2, -0.15) is 0 Å². The predicted octanol–water partition coefficient (Wildman–Crippen LogP) is 5.26. The molecule has 4 saturated heterocycles. The predicted molar refractivity (Wildman–Crippen MR) is 162 cm³/mol. The molecular weight excluding hydrogens is 588 g/mol. The van der Waals surface area contributed by atoms with Crippen molar-refractivity contribution in [2.45, 2.75) is 134 Å². The van der Waals surface area contributed by atoms with E-state index < -0.39 is 69.7 Å². The van der Waals surface area contributed by atoms with Crippen LogP contribution in [0, 0.1) is 45.3 Å². The van der Waals surface area contributed by atoms with E-state index >= 15 is 0 Å². The van der Waals surface area contributed by atoms with E-state index in [-0.39, 0.29) is 35.6 Å². The number of aliphatic hydroxyl groups excluding tert-OH is 1. The molecule has 12 atom stereocenters. The number of carbonyl (C=O) groups excluding carboxylic acids is 3. The number of epoxide rings is 1. The van der Waals surface area contributed by atoms with Gasteiger partial charge in [-0.1, -0.05) is 46.5 Å². The van der Waals surface area contributed by atoms with Gasteiger partial charge in [0.2, 0.25) is 0 Å². The molecule has 1 aromatic rings. The second kappa shape index (κ2) is 9.06.